The van der Waals surface area contributed by atoms with E-state index in [4.69, 9.17) is 16.7 Å². The molecule has 0 saturated carbocycles. The third-order valence-corrected chi connectivity index (χ3v) is 3.31. The van der Waals surface area contributed by atoms with Crippen molar-refractivity contribution in [3.63, 3.8) is 0 Å². The summed E-state index contributed by atoms with van der Waals surface area (Å²) in [5.74, 6) is -7.28. The topological polar surface area (TPSA) is 69.9 Å². The molecule has 0 aliphatic rings. The highest BCUT2D eigenvalue weighted by molar-refractivity contribution is 6.32. The van der Waals surface area contributed by atoms with Crippen LogP contribution in [0.25, 0.3) is 5.76 Å². The van der Waals surface area contributed by atoms with Crippen molar-refractivity contribution in [1.82, 2.24) is 0 Å². The molecule has 0 amide bonds. The van der Waals surface area contributed by atoms with E-state index in [9.17, 15) is 27.5 Å². The fourth-order valence-electron chi connectivity index (χ4n) is 1.79. The lowest BCUT2D eigenvalue weighted by Gasteiger charge is -2.07. The Morgan fingerprint density at radius 3 is 2.24 bits per heavy atom. The number of aliphatic imine (C=N–C) groups is 1. The second-order valence-corrected chi connectivity index (χ2v) is 5.07. The van der Waals surface area contributed by atoms with Crippen LogP contribution in [-0.4, -0.2) is 22.4 Å². The molecule has 9 heteroatoms. The second-order valence-electron chi connectivity index (χ2n) is 4.67. The number of hydrogen-bond acceptors (Lipinski definition) is 3. The second kappa shape index (κ2) is 7.35. The Balaban J connectivity index is 2.53. The van der Waals surface area contributed by atoms with E-state index >= 15 is 0 Å². The van der Waals surface area contributed by atoms with E-state index in [1.54, 1.807) is 0 Å². The molecule has 0 heterocycles. The van der Waals surface area contributed by atoms with Gasteiger partial charge in [-0.15, -0.1) is 0 Å². The van der Waals surface area contributed by atoms with Gasteiger partial charge in [-0.05, 0) is 24.3 Å². The molecule has 2 rings (SSSR count). The lowest BCUT2D eigenvalue weighted by atomic mass is 10.1. The minimum atomic E-state index is -1.69. The molecule has 0 spiro atoms. The Hall–Kier alpha value is -2.87. The van der Waals surface area contributed by atoms with E-state index in [2.05, 4.69) is 4.99 Å². The highest BCUT2D eigenvalue weighted by atomic mass is 35.5. The number of carbonyl (C=O) groups is 1. The van der Waals surface area contributed by atoms with Crippen LogP contribution in [0.4, 0.5) is 23.2 Å². The van der Waals surface area contributed by atoms with Gasteiger partial charge in [0, 0.05) is 17.8 Å². The molecule has 0 aromatic heterocycles. The maximum absolute atomic E-state index is 13.5. The zero-order chi connectivity index (χ0) is 18.7. The van der Waals surface area contributed by atoms with Gasteiger partial charge >= 0.3 is 5.97 Å². The molecule has 0 aliphatic heterocycles. The fourth-order valence-corrected chi connectivity index (χ4v) is 2.03. The fraction of sp³-hybridized carbons (Fsp3) is 0. The molecular weight excluding hydrogens is 366 g/mol. The van der Waals surface area contributed by atoms with Crippen molar-refractivity contribution in [3.05, 3.63) is 69.8 Å². The number of hydrogen-bond donors (Lipinski definition) is 2. The van der Waals surface area contributed by atoms with Crippen LogP contribution >= 0.6 is 11.6 Å². The molecule has 0 atom stereocenters. The minimum absolute atomic E-state index is 0.399. The predicted octanol–water partition coefficient (Wildman–Crippen LogP) is 4.65. The van der Waals surface area contributed by atoms with Gasteiger partial charge in [0.15, 0.2) is 17.5 Å². The SMILES string of the molecule is O=C(O)C(C=Nc1ccc(F)cc1F)=C(O)c1cc(F)c(F)cc1Cl. The number of benzene rings is 2. The first-order valence-electron chi connectivity index (χ1n) is 6.51. The standard InChI is InChI=1S/C16H8ClF4NO3/c17-10-5-12(20)11(19)4-8(10)15(23)9(16(24)25)6-22-14-2-1-7(18)3-13(14)21/h1-6,23H,(H,24,25). The van der Waals surface area contributed by atoms with Crippen LogP contribution in [-0.2, 0) is 4.79 Å². The lowest BCUT2D eigenvalue weighted by Crippen LogP contribution is -2.06. The number of aliphatic hydroxyl groups excluding tert-OH is 1. The number of carboxylic acids is 1. The molecule has 0 fully saturated rings. The number of aliphatic hydroxyl groups is 1. The highest BCUT2D eigenvalue weighted by Crippen LogP contribution is 2.27. The summed E-state index contributed by atoms with van der Waals surface area (Å²) in [6.45, 7) is 0. The summed E-state index contributed by atoms with van der Waals surface area (Å²) in [7, 11) is 0. The lowest BCUT2D eigenvalue weighted by molar-refractivity contribution is -0.132. The van der Waals surface area contributed by atoms with Crippen molar-refractivity contribution >= 4 is 35.2 Å². The van der Waals surface area contributed by atoms with Crippen LogP contribution in [0.2, 0.25) is 5.02 Å². The zero-order valence-corrected chi connectivity index (χ0v) is 12.9. The summed E-state index contributed by atoms with van der Waals surface area (Å²) >= 11 is 5.66. The summed E-state index contributed by atoms with van der Waals surface area (Å²) in [5.41, 5.74) is -1.76. The van der Waals surface area contributed by atoms with Gasteiger partial charge in [0.05, 0.1) is 10.7 Å². The summed E-state index contributed by atoms with van der Waals surface area (Å²) in [4.78, 5) is 14.8. The van der Waals surface area contributed by atoms with Gasteiger partial charge in [0.25, 0.3) is 0 Å². The number of aliphatic carboxylic acids is 1. The maximum Gasteiger partial charge on any atom is 0.341 e. The van der Waals surface area contributed by atoms with Gasteiger partial charge in [-0.1, -0.05) is 11.6 Å². The first kappa shape index (κ1) is 18.5. The van der Waals surface area contributed by atoms with Gasteiger partial charge in [-0.25, -0.2) is 22.4 Å². The van der Waals surface area contributed by atoms with Crippen molar-refractivity contribution in [1.29, 1.82) is 0 Å². The first-order chi connectivity index (χ1) is 11.7. The van der Waals surface area contributed by atoms with E-state index in [1.165, 1.54) is 0 Å². The molecule has 25 heavy (non-hydrogen) atoms. The van der Waals surface area contributed by atoms with Gasteiger partial charge in [0.1, 0.15) is 17.1 Å². The monoisotopic (exact) mass is 373 g/mol. The Labute approximate surface area is 143 Å². The highest BCUT2D eigenvalue weighted by Gasteiger charge is 2.19. The third kappa shape index (κ3) is 4.16. The van der Waals surface area contributed by atoms with Crippen LogP contribution in [0.1, 0.15) is 5.56 Å². The molecule has 0 radical (unpaired) electrons. The number of nitrogens with zero attached hydrogens (tertiary/aromatic N) is 1. The van der Waals surface area contributed by atoms with E-state index < -0.39 is 56.8 Å². The van der Waals surface area contributed by atoms with Crippen LogP contribution in [0.3, 0.4) is 0 Å². The average Bonchev–Trinajstić information content (AvgIpc) is 2.52. The molecule has 0 unspecified atom stereocenters. The van der Waals surface area contributed by atoms with Crippen molar-refractivity contribution in [2.24, 2.45) is 4.99 Å². The molecule has 2 aromatic carbocycles. The largest absolute Gasteiger partial charge is 0.506 e. The third-order valence-electron chi connectivity index (χ3n) is 2.99. The summed E-state index contributed by atoms with van der Waals surface area (Å²) < 4.78 is 52.7. The zero-order valence-electron chi connectivity index (χ0n) is 12.1. The van der Waals surface area contributed by atoms with Crippen molar-refractivity contribution < 1.29 is 32.6 Å². The molecule has 2 aromatic rings. The van der Waals surface area contributed by atoms with Crippen LogP contribution in [0.15, 0.2) is 40.9 Å². The van der Waals surface area contributed by atoms with Crippen LogP contribution in [0.5, 0.6) is 0 Å². The van der Waals surface area contributed by atoms with Gasteiger partial charge in [-0.2, -0.15) is 0 Å². The summed E-state index contributed by atoms with van der Waals surface area (Å²) in [6.07, 6.45) is 0.575. The molecule has 2 N–H and O–H groups in total. The van der Waals surface area contributed by atoms with Gasteiger partial charge < -0.3 is 10.2 Å². The minimum Gasteiger partial charge on any atom is -0.506 e. The Morgan fingerprint density at radius 2 is 1.64 bits per heavy atom. The Kier molecular flexibility index (Phi) is 5.43. The number of rotatable bonds is 4. The summed E-state index contributed by atoms with van der Waals surface area (Å²) in [5, 5.41) is 18.7. The molecule has 0 saturated heterocycles. The molecular formula is C16H8ClF4NO3. The predicted molar refractivity (Wildman–Crippen MR) is 83.1 cm³/mol. The molecule has 0 aliphatic carbocycles. The van der Waals surface area contributed by atoms with E-state index in [0.29, 0.717) is 24.4 Å². The number of carboxylic acid groups (broad SMARTS) is 1. The van der Waals surface area contributed by atoms with E-state index in [0.717, 1.165) is 12.1 Å². The molecule has 0 bridgehead atoms. The Bertz CT molecular complexity index is 912. The molecule has 130 valence electrons. The van der Waals surface area contributed by atoms with Crippen molar-refractivity contribution in [2.75, 3.05) is 0 Å². The Morgan fingerprint density at radius 1 is 1.00 bits per heavy atom. The van der Waals surface area contributed by atoms with Gasteiger partial charge in [0.2, 0.25) is 0 Å². The van der Waals surface area contributed by atoms with Crippen molar-refractivity contribution in [2.45, 2.75) is 0 Å². The maximum atomic E-state index is 13.5. The van der Waals surface area contributed by atoms with E-state index in [-0.39, 0.29) is 0 Å². The van der Waals surface area contributed by atoms with Crippen molar-refractivity contribution in [3.8, 4) is 0 Å². The van der Waals surface area contributed by atoms with Crippen LogP contribution < -0.4 is 0 Å². The normalized spacial score (nSPS) is 12.4. The van der Waals surface area contributed by atoms with Crippen LogP contribution in [0, 0.1) is 23.3 Å². The number of halogens is 5. The first-order valence-corrected chi connectivity index (χ1v) is 6.89. The van der Waals surface area contributed by atoms with E-state index in [1.807, 2.05) is 0 Å². The van der Waals surface area contributed by atoms with Gasteiger partial charge in [-0.3, -0.25) is 4.99 Å². The quantitative estimate of drug-likeness (QED) is 0.269. The summed E-state index contributed by atoms with van der Waals surface area (Å²) in [6, 6.07) is 3.43. The smallest absolute Gasteiger partial charge is 0.341 e. The average molecular weight is 374 g/mol. The molecule has 4 nitrogen and oxygen atoms in total.